The third-order valence-electron chi connectivity index (χ3n) is 6.68. The van der Waals surface area contributed by atoms with Crippen molar-refractivity contribution in [1.82, 2.24) is 19.4 Å². The SMILES string of the molecule is CSC1=[N+]=CN2C(=C1)N=[N+]=C2C#Cc1cc(NC(=O)c2ccc(CN3CCN(C)CC3)c(C(F)(F)F)c2)ccc1F. The Balaban J connectivity index is 1.32. The molecular weight excluding hydrogens is 558 g/mol. The quantitative estimate of drug-likeness (QED) is 0.340. The Labute approximate surface area is 237 Å². The number of thioether (sulfide) groups is 1. The molecule has 0 aromatic heterocycles. The van der Waals surface area contributed by atoms with Crippen LogP contribution in [0.5, 0.6) is 0 Å². The summed E-state index contributed by atoms with van der Waals surface area (Å²) in [6.07, 6.45) is 0.506. The summed E-state index contributed by atoms with van der Waals surface area (Å²) < 4.78 is 60.6. The first kappa shape index (κ1) is 28.4. The van der Waals surface area contributed by atoms with E-state index in [2.05, 4.69) is 36.6 Å². The number of amidine groups is 1. The number of amides is 1. The maximum atomic E-state index is 14.5. The molecule has 1 amide bonds. The van der Waals surface area contributed by atoms with Crippen LogP contribution in [0.15, 0.2) is 53.4 Å². The van der Waals surface area contributed by atoms with E-state index in [-0.39, 0.29) is 34.8 Å². The van der Waals surface area contributed by atoms with Crippen molar-refractivity contribution in [3.8, 4) is 11.8 Å². The number of piperazine rings is 1. The molecule has 0 spiro atoms. The molecule has 0 bridgehead atoms. The van der Waals surface area contributed by atoms with Crippen molar-refractivity contribution in [3.05, 3.63) is 76.4 Å². The Morgan fingerprint density at radius 3 is 2.63 bits per heavy atom. The number of alkyl halides is 3. The molecule has 8 nitrogen and oxygen atoms in total. The van der Waals surface area contributed by atoms with Crippen molar-refractivity contribution >= 4 is 40.6 Å². The van der Waals surface area contributed by atoms with Gasteiger partial charge in [0.15, 0.2) is 0 Å². The fourth-order valence-corrected chi connectivity index (χ4v) is 4.74. The Morgan fingerprint density at radius 2 is 1.90 bits per heavy atom. The van der Waals surface area contributed by atoms with E-state index < -0.39 is 23.5 Å². The maximum absolute atomic E-state index is 14.5. The van der Waals surface area contributed by atoms with Crippen LogP contribution in [0.1, 0.15) is 27.0 Å². The minimum atomic E-state index is -4.63. The van der Waals surface area contributed by atoms with Gasteiger partial charge in [0.25, 0.3) is 16.8 Å². The van der Waals surface area contributed by atoms with Crippen LogP contribution in [-0.4, -0.2) is 82.1 Å². The number of benzene rings is 2. The second-order valence-electron chi connectivity index (χ2n) is 9.53. The van der Waals surface area contributed by atoms with E-state index >= 15 is 0 Å². The molecule has 5 rings (SSSR count). The molecule has 0 unspecified atom stereocenters. The van der Waals surface area contributed by atoms with Crippen LogP contribution < -0.4 is 9.98 Å². The third kappa shape index (κ3) is 6.60. The van der Waals surface area contributed by atoms with E-state index in [1.54, 1.807) is 11.0 Å². The van der Waals surface area contributed by atoms with E-state index in [0.717, 1.165) is 30.3 Å². The zero-order chi connectivity index (χ0) is 29.1. The fourth-order valence-electron chi connectivity index (χ4n) is 4.37. The highest BCUT2D eigenvalue weighted by molar-refractivity contribution is 8.13. The van der Waals surface area contributed by atoms with Crippen molar-refractivity contribution < 1.29 is 27.1 Å². The number of nitrogens with zero attached hydrogens (tertiary/aromatic N) is 6. The molecule has 13 heteroatoms. The number of rotatable bonds is 4. The Bertz CT molecular complexity index is 1620. The largest absolute Gasteiger partial charge is 0.469 e. The smallest absolute Gasteiger partial charge is 0.322 e. The summed E-state index contributed by atoms with van der Waals surface area (Å²) in [6.45, 7) is 3.01. The summed E-state index contributed by atoms with van der Waals surface area (Å²) in [5.74, 6) is 4.80. The minimum absolute atomic E-state index is 0.0354. The van der Waals surface area contributed by atoms with Gasteiger partial charge in [0, 0.05) is 49.9 Å². The van der Waals surface area contributed by atoms with E-state index in [9.17, 15) is 22.4 Å². The lowest BCUT2D eigenvalue weighted by molar-refractivity contribution is -0.138. The van der Waals surface area contributed by atoms with Gasteiger partial charge in [-0.05, 0) is 55.1 Å². The van der Waals surface area contributed by atoms with Gasteiger partial charge < -0.3 is 10.2 Å². The van der Waals surface area contributed by atoms with Gasteiger partial charge in [-0.15, -0.1) is 4.90 Å². The average molecular weight is 584 g/mol. The molecule has 2 aromatic carbocycles. The summed E-state index contributed by atoms with van der Waals surface area (Å²) in [6, 6.07) is 7.31. The molecule has 41 heavy (non-hydrogen) atoms. The number of hydrogen-bond acceptors (Lipinski definition) is 6. The maximum Gasteiger partial charge on any atom is 0.469 e. The zero-order valence-corrected chi connectivity index (χ0v) is 23.0. The van der Waals surface area contributed by atoms with Crippen LogP contribution in [0.3, 0.4) is 0 Å². The molecule has 2 aromatic rings. The summed E-state index contributed by atoms with van der Waals surface area (Å²) in [4.78, 5) is 22.6. The number of likely N-dealkylation sites (N-methyl/N-ethyl adjacent to an activating group) is 1. The Kier molecular flexibility index (Phi) is 8.13. The van der Waals surface area contributed by atoms with Crippen molar-refractivity contribution in [2.24, 2.45) is 5.11 Å². The van der Waals surface area contributed by atoms with Crippen molar-refractivity contribution in [2.45, 2.75) is 12.7 Å². The van der Waals surface area contributed by atoms with E-state index in [1.165, 1.54) is 42.4 Å². The lowest BCUT2D eigenvalue weighted by Gasteiger charge is -2.33. The molecule has 1 N–H and O–H groups in total. The predicted molar refractivity (Wildman–Crippen MR) is 150 cm³/mol. The Hall–Kier alpha value is -4.17. The van der Waals surface area contributed by atoms with Crippen LogP contribution in [-0.2, 0) is 12.7 Å². The van der Waals surface area contributed by atoms with Crippen molar-refractivity contribution in [3.63, 3.8) is 0 Å². The number of carbonyl (C=O) groups excluding carboxylic acids is 1. The molecule has 3 aliphatic rings. The van der Waals surface area contributed by atoms with Crippen molar-refractivity contribution in [1.29, 1.82) is 0 Å². The fraction of sp³-hybridized carbons (Fsp3) is 0.286. The second-order valence-corrected chi connectivity index (χ2v) is 10.4. The lowest BCUT2D eigenvalue weighted by atomic mass is 10.0. The highest BCUT2D eigenvalue weighted by Gasteiger charge is 2.36. The summed E-state index contributed by atoms with van der Waals surface area (Å²) in [5, 5.41) is 7.34. The highest BCUT2D eigenvalue weighted by atomic mass is 32.2. The molecule has 3 aliphatic heterocycles. The minimum Gasteiger partial charge on any atom is -0.322 e. The van der Waals surface area contributed by atoms with Gasteiger partial charge in [-0.25, -0.2) is 9.06 Å². The van der Waals surface area contributed by atoms with Crippen LogP contribution in [0.2, 0.25) is 0 Å². The predicted octanol–water partition coefficient (Wildman–Crippen LogP) is 3.28. The van der Waals surface area contributed by atoms with Gasteiger partial charge in [-0.2, -0.15) is 13.2 Å². The van der Waals surface area contributed by atoms with E-state index in [1.807, 2.05) is 18.2 Å². The zero-order valence-electron chi connectivity index (χ0n) is 22.2. The van der Waals surface area contributed by atoms with Gasteiger partial charge in [0.05, 0.1) is 22.3 Å². The summed E-state index contributed by atoms with van der Waals surface area (Å²) >= 11 is 1.45. The monoisotopic (exact) mass is 583 g/mol. The molecule has 3 heterocycles. The topological polar surface area (TPSA) is 79.4 Å². The van der Waals surface area contributed by atoms with Crippen LogP contribution >= 0.6 is 11.8 Å². The van der Waals surface area contributed by atoms with Crippen LogP contribution in [0, 0.1) is 17.7 Å². The number of hydrogen-bond donors (Lipinski definition) is 1. The first-order valence-electron chi connectivity index (χ1n) is 12.6. The van der Waals surface area contributed by atoms with Crippen LogP contribution in [0.25, 0.3) is 0 Å². The molecule has 1 fully saturated rings. The number of carbonyl (C=O) groups is 1. The Morgan fingerprint density at radius 1 is 1.12 bits per heavy atom. The lowest BCUT2D eigenvalue weighted by Crippen LogP contribution is -2.44. The summed E-state index contributed by atoms with van der Waals surface area (Å²) in [7, 11) is 1.97. The number of anilines is 1. The molecular formula is C28H25F4N7OS+2. The van der Waals surface area contributed by atoms with Gasteiger partial charge >= 0.3 is 18.4 Å². The van der Waals surface area contributed by atoms with Gasteiger partial charge in [0.2, 0.25) is 0 Å². The van der Waals surface area contributed by atoms with E-state index in [0.29, 0.717) is 18.9 Å². The molecule has 0 aliphatic carbocycles. The van der Waals surface area contributed by atoms with Gasteiger partial charge in [-0.3, -0.25) is 9.69 Å². The van der Waals surface area contributed by atoms with Gasteiger partial charge in [0.1, 0.15) is 5.82 Å². The number of nitrogens with one attached hydrogen (secondary N) is 1. The molecule has 0 atom stereocenters. The van der Waals surface area contributed by atoms with E-state index in [4.69, 9.17) is 0 Å². The summed E-state index contributed by atoms with van der Waals surface area (Å²) in [5.41, 5.74) is -0.767. The third-order valence-corrected chi connectivity index (χ3v) is 7.33. The van der Waals surface area contributed by atoms with Crippen molar-refractivity contribution in [2.75, 3.05) is 44.8 Å². The molecule has 0 saturated carbocycles. The molecule has 0 radical (unpaired) electrons. The number of halogens is 4. The average Bonchev–Trinajstić information content (AvgIpc) is 3.36. The first-order valence-corrected chi connectivity index (χ1v) is 13.8. The van der Waals surface area contributed by atoms with Gasteiger partial charge in [-0.1, -0.05) is 22.6 Å². The van der Waals surface area contributed by atoms with Crippen LogP contribution in [0.4, 0.5) is 23.2 Å². The molecule has 210 valence electrons. The standard InChI is InChI=1S/C28H24F4N7OS/c1-37-9-11-38(12-10-37)16-20-4-3-19(14-22(20)28(30,31)32)27(40)34-21-6-7-23(29)18(13-21)5-8-24-35-36-25-15-26(41-2)33-17-39(24)25/h3-4,6-7,13-15,17H,9-12,16H2,1-2H3/q+1/p+1. The normalized spacial score (nSPS) is 16.9. The first-order chi connectivity index (χ1) is 19.6. The molecule has 1 saturated heterocycles. The highest BCUT2D eigenvalue weighted by Crippen LogP contribution is 2.34. The number of fused-ring (bicyclic) bond motifs is 1. The second kappa shape index (κ2) is 11.7.